The first-order valence-electron chi connectivity index (χ1n) is 10.8. The molecule has 6 nitrogen and oxygen atoms in total. The van der Waals surface area contributed by atoms with E-state index in [1.807, 2.05) is 0 Å². The highest BCUT2D eigenvalue weighted by Crippen LogP contribution is 2.26. The number of amides is 1. The lowest BCUT2D eigenvalue weighted by molar-refractivity contribution is -0.120. The number of carbonyl (C=O) groups excluding carboxylic acids is 1. The van der Waals surface area contributed by atoms with E-state index in [4.69, 9.17) is 0 Å². The molecule has 3 N–H and O–H groups in total. The predicted octanol–water partition coefficient (Wildman–Crippen LogP) is 2.01. The Hall–Kier alpha value is -1.30. The first-order chi connectivity index (χ1) is 12.7. The van der Waals surface area contributed by atoms with Crippen molar-refractivity contribution >= 4 is 11.9 Å². The fourth-order valence-electron chi connectivity index (χ4n) is 4.69. The van der Waals surface area contributed by atoms with E-state index in [2.05, 4.69) is 32.8 Å². The van der Waals surface area contributed by atoms with Crippen molar-refractivity contribution in [3.05, 3.63) is 0 Å². The molecule has 0 aromatic carbocycles. The van der Waals surface area contributed by atoms with Crippen LogP contribution >= 0.6 is 0 Å². The van der Waals surface area contributed by atoms with Crippen LogP contribution in [0.3, 0.4) is 0 Å². The van der Waals surface area contributed by atoms with E-state index in [1.54, 1.807) is 0 Å². The Bertz CT molecular complexity index is 469. The molecule has 3 aliphatic rings. The van der Waals surface area contributed by atoms with Crippen LogP contribution in [0.4, 0.5) is 0 Å². The number of nitrogens with zero attached hydrogens (tertiary/aromatic N) is 2. The minimum atomic E-state index is 0.0492. The maximum absolute atomic E-state index is 12.2. The quantitative estimate of drug-likeness (QED) is 0.499. The monoisotopic (exact) mass is 363 g/mol. The molecule has 1 aliphatic heterocycles. The lowest BCUT2D eigenvalue weighted by atomic mass is 9.95. The van der Waals surface area contributed by atoms with E-state index in [0.29, 0.717) is 12.1 Å². The summed E-state index contributed by atoms with van der Waals surface area (Å²) in [5, 5.41) is 9.98. The Morgan fingerprint density at radius 3 is 2.42 bits per heavy atom. The third-order valence-electron chi connectivity index (χ3n) is 6.10. The molecule has 2 aliphatic carbocycles. The Balaban J connectivity index is 1.43. The molecule has 0 aromatic rings. The van der Waals surface area contributed by atoms with Crippen LogP contribution in [0.5, 0.6) is 0 Å². The summed E-state index contributed by atoms with van der Waals surface area (Å²) in [6, 6.07) is 1.59. The van der Waals surface area contributed by atoms with Crippen LogP contribution in [0, 0.1) is 0 Å². The van der Waals surface area contributed by atoms with Crippen LogP contribution in [-0.4, -0.2) is 61.1 Å². The van der Waals surface area contributed by atoms with Crippen LogP contribution < -0.4 is 16.0 Å². The first-order valence-corrected chi connectivity index (χ1v) is 10.8. The van der Waals surface area contributed by atoms with Crippen LogP contribution in [0.2, 0.25) is 0 Å². The number of aliphatic imine (C=N–C) groups is 1. The maximum atomic E-state index is 12.2. The molecule has 1 unspecified atom stereocenters. The second kappa shape index (κ2) is 10.1. The topological polar surface area (TPSA) is 68.8 Å². The minimum absolute atomic E-state index is 0.0492. The summed E-state index contributed by atoms with van der Waals surface area (Å²) in [5.41, 5.74) is 0. The van der Waals surface area contributed by atoms with Gasteiger partial charge < -0.3 is 16.0 Å². The zero-order chi connectivity index (χ0) is 18.2. The zero-order valence-electron chi connectivity index (χ0n) is 16.4. The van der Waals surface area contributed by atoms with Crippen LogP contribution in [0.15, 0.2) is 4.99 Å². The molecule has 1 heterocycles. The summed E-state index contributed by atoms with van der Waals surface area (Å²) in [7, 11) is 0. The van der Waals surface area contributed by atoms with E-state index < -0.39 is 0 Å². The van der Waals surface area contributed by atoms with Gasteiger partial charge >= 0.3 is 0 Å². The maximum Gasteiger partial charge on any atom is 0.242 e. The molecule has 148 valence electrons. The highest BCUT2D eigenvalue weighted by molar-refractivity contribution is 5.85. The molecule has 1 saturated heterocycles. The SMILES string of the molecule is CCNC(=NCC(=O)NC1CCCCC1)NC1CCN(C2CCCC2)C1. The summed E-state index contributed by atoms with van der Waals surface area (Å²) < 4.78 is 0. The summed E-state index contributed by atoms with van der Waals surface area (Å²) in [6.07, 6.45) is 12.7. The lowest BCUT2D eigenvalue weighted by Crippen LogP contribution is -2.46. The number of nitrogens with one attached hydrogen (secondary N) is 3. The molecule has 3 rings (SSSR count). The van der Waals surface area contributed by atoms with E-state index in [0.717, 1.165) is 44.4 Å². The summed E-state index contributed by atoms with van der Waals surface area (Å²) in [6.45, 7) is 5.38. The first kappa shape index (κ1) is 19.5. The number of guanidine groups is 1. The van der Waals surface area contributed by atoms with Crippen molar-refractivity contribution in [1.29, 1.82) is 0 Å². The fraction of sp³-hybridized carbons (Fsp3) is 0.900. The van der Waals surface area contributed by atoms with Gasteiger partial charge in [-0.05, 0) is 39.0 Å². The third-order valence-corrected chi connectivity index (χ3v) is 6.10. The highest BCUT2D eigenvalue weighted by atomic mass is 16.1. The van der Waals surface area contributed by atoms with Gasteiger partial charge in [-0.1, -0.05) is 32.1 Å². The van der Waals surface area contributed by atoms with Gasteiger partial charge in [0.05, 0.1) is 0 Å². The standard InChI is InChI=1S/C20H37N5O/c1-2-21-20(22-14-19(26)23-16-8-4-3-5-9-16)24-17-12-13-25(15-17)18-10-6-7-11-18/h16-18H,2-15H2,1H3,(H,23,26)(H2,21,22,24). The summed E-state index contributed by atoms with van der Waals surface area (Å²) >= 11 is 0. The molecule has 0 spiro atoms. The van der Waals surface area contributed by atoms with Gasteiger partial charge in [0.2, 0.25) is 5.91 Å². The molecular formula is C20H37N5O. The molecule has 0 bridgehead atoms. The van der Waals surface area contributed by atoms with Gasteiger partial charge in [0.25, 0.3) is 0 Å². The van der Waals surface area contributed by atoms with E-state index in [9.17, 15) is 4.79 Å². The van der Waals surface area contributed by atoms with Crippen molar-refractivity contribution in [1.82, 2.24) is 20.9 Å². The molecule has 0 aromatic heterocycles. The highest BCUT2D eigenvalue weighted by Gasteiger charge is 2.30. The normalized spacial score (nSPS) is 26.2. The van der Waals surface area contributed by atoms with Gasteiger partial charge in [0.15, 0.2) is 5.96 Å². The van der Waals surface area contributed by atoms with Crippen molar-refractivity contribution in [2.75, 3.05) is 26.2 Å². The molecule has 0 radical (unpaired) electrons. The number of hydrogen-bond donors (Lipinski definition) is 3. The van der Waals surface area contributed by atoms with Gasteiger partial charge in [-0.2, -0.15) is 0 Å². The smallest absolute Gasteiger partial charge is 0.242 e. The largest absolute Gasteiger partial charge is 0.357 e. The molecule has 1 atom stereocenters. The average Bonchev–Trinajstić information content (AvgIpc) is 3.32. The summed E-state index contributed by atoms with van der Waals surface area (Å²) in [5.74, 6) is 0.831. The number of likely N-dealkylation sites (tertiary alicyclic amines) is 1. The van der Waals surface area contributed by atoms with E-state index >= 15 is 0 Å². The Morgan fingerprint density at radius 1 is 0.962 bits per heavy atom. The van der Waals surface area contributed by atoms with Gasteiger partial charge in [-0.15, -0.1) is 0 Å². The molecule has 2 saturated carbocycles. The molecule has 3 fully saturated rings. The molecule has 26 heavy (non-hydrogen) atoms. The van der Waals surface area contributed by atoms with Crippen LogP contribution in [0.25, 0.3) is 0 Å². The predicted molar refractivity (Wildman–Crippen MR) is 106 cm³/mol. The fourth-order valence-corrected chi connectivity index (χ4v) is 4.69. The summed E-state index contributed by atoms with van der Waals surface area (Å²) in [4.78, 5) is 19.4. The van der Waals surface area contributed by atoms with Gasteiger partial charge in [0, 0.05) is 37.8 Å². The molecule has 6 heteroatoms. The van der Waals surface area contributed by atoms with Crippen molar-refractivity contribution in [3.63, 3.8) is 0 Å². The van der Waals surface area contributed by atoms with E-state index in [-0.39, 0.29) is 12.5 Å². The zero-order valence-corrected chi connectivity index (χ0v) is 16.4. The second-order valence-electron chi connectivity index (χ2n) is 8.16. The van der Waals surface area contributed by atoms with Gasteiger partial charge in [-0.25, -0.2) is 4.99 Å². The van der Waals surface area contributed by atoms with Crippen molar-refractivity contribution in [2.24, 2.45) is 4.99 Å². The van der Waals surface area contributed by atoms with Crippen molar-refractivity contribution in [2.45, 2.75) is 89.3 Å². The van der Waals surface area contributed by atoms with Crippen LogP contribution in [0.1, 0.15) is 71.1 Å². The minimum Gasteiger partial charge on any atom is -0.357 e. The Morgan fingerprint density at radius 2 is 1.69 bits per heavy atom. The van der Waals surface area contributed by atoms with Crippen LogP contribution in [-0.2, 0) is 4.79 Å². The number of carbonyl (C=O) groups is 1. The number of hydrogen-bond acceptors (Lipinski definition) is 3. The van der Waals surface area contributed by atoms with Gasteiger partial charge in [0.1, 0.15) is 6.54 Å². The molecular weight excluding hydrogens is 326 g/mol. The number of rotatable bonds is 6. The van der Waals surface area contributed by atoms with Crippen molar-refractivity contribution < 1.29 is 4.79 Å². The van der Waals surface area contributed by atoms with Crippen molar-refractivity contribution in [3.8, 4) is 0 Å². The third kappa shape index (κ3) is 5.86. The second-order valence-corrected chi connectivity index (χ2v) is 8.16. The van der Waals surface area contributed by atoms with E-state index in [1.165, 1.54) is 51.5 Å². The lowest BCUT2D eigenvalue weighted by Gasteiger charge is -2.24. The van der Waals surface area contributed by atoms with Gasteiger partial charge in [-0.3, -0.25) is 9.69 Å². The Labute approximate surface area is 158 Å². The Kier molecular flexibility index (Phi) is 7.59. The molecule has 1 amide bonds. The average molecular weight is 364 g/mol.